The summed E-state index contributed by atoms with van der Waals surface area (Å²) in [5.41, 5.74) is 0.421. The van der Waals surface area contributed by atoms with Gasteiger partial charge in [-0.2, -0.15) is 0 Å². The van der Waals surface area contributed by atoms with E-state index in [9.17, 15) is 0 Å². The molecule has 72 valence electrons. The van der Waals surface area contributed by atoms with Crippen LogP contribution in [0.15, 0.2) is 0 Å². The van der Waals surface area contributed by atoms with Crippen LogP contribution in [0.1, 0.15) is 53.9 Å². The molecule has 1 nitrogen and oxygen atoms in total. The molecule has 0 bridgehead atoms. The molecule has 0 radical (unpaired) electrons. The van der Waals surface area contributed by atoms with Gasteiger partial charge in [0.05, 0.1) is 0 Å². The maximum atomic E-state index is 4.84. The second kappa shape index (κ2) is 5.20. The molecule has 0 aliphatic carbocycles. The fourth-order valence-corrected chi connectivity index (χ4v) is 2.68. The van der Waals surface area contributed by atoms with Crippen molar-refractivity contribution >= 4 is 0 Å². The second-order valence-electron chi connectivity index (χ2n) is 5.42. The molecule has 2 heteroatoms. The SMILES string of the molecule is CCC1CC(C)(C)[N-]C(C)(C)C1.[Rb+]. The molecular formula is C11H22NRb. The number of rotatable bonds is 1. The first-order valence-corrected chi connectivity index (χ1v) is 5.09. The summed E-state index contributed by atoms with van der Waals surface area (Å²) in [6.07, 6.45) is 3.85. The molecule has 0 aromatic rings. The van der Waals surface area contributed by atoms with Crippen LogP contribution in [0.2, 0.25) is 0 Å². The average Bonchev–Trinajstić information content (AvgIpc) is 1.80. The van der Waals surface area contributed by atoms with Crippen molar-refractivity contribution in [1.82, 2.24) is 0 Å². The van der Waals surface area contributed by atoms with Gasteiger partial charge in [0.2, 0.25) is 0 Å². The molecule has 0 spiro atoms. The van der Waals surface area contributed by atoms with Crippen molar-refractivity contribution in [1.29, 1.82) is 0 Å². The predicted octanol–water partition coefficient (Wildman–Crippen LogP) is 0.741. The summed E-state index contributed by atoms with van der Waals surface area (Å²) in [6.45, 7) is 11.3. The fourth-order valence-electron chi connectivity index (χ4n) is 2.68. The van der Waals surface area contributed by atoms with Crippen molar-refractivity contribution in [2.24, 2.45) is 5.92 Å². The van der Waals surface area contributed by atoms with Crippen LogP contribution >= 0.6 is 0 Å². The van der Waals surface area contributed by atoms with Crippen molar-refractivity contribution in [3.63, 3.8) is 0 Å². The van der Waals surface area contributed by atoms with Gasteiger partial charge in [0, 0.05) is 0 Å². The van der Waals surface area contributed by atoms with Gasteiger partial charge in [-0.3, -0.25) is 0 Å². The molecule has 0 atom stereocenters. The molecule has 1 aliphatic rings. The van der Waals surface area contributed by atoms with Crippen molar-refractivity contribution in [2.75, 3.05) is 0 Å². The topological polar surface area (TPSA) is 14.1 Å². The predicted molar refractivity (Wildman–Crippen MR) is 54.5 cm³/mol. The first kappa shape index (κ1) is 14.8. The number of hydrogen-bond donors (Lipinski definition) is 0. The molecule has 0 unspecified atom stereocenters. The first-order chi connectivity index (χ1) is 5.35. The van der Waals surface area contributed by atoms with Gasteiger partial charge < -0.3 is 5.32 Å². The van der Waals surface area contributed by atoms with Gasteiger partial charge in [-0.1, -0.05) is 53.9 Å². The Morgan fingerprint density at radius 1 is 1.08 bits per heavy atom. The van der Waals surface area contributed by atoms with E-state index in [-0.39, 0.29) is 69.3 Å². The van der Waals surface area contributed by atoms with E-state index in [0.717, 1.165) is 5.92 Å². The smallest absolute Gasteiger partial charge is 0.652 e. The Morgan fingerprint density at radius 3 is 1.77 bits per heavy atom. The van der Waals surface area contributed by atoms with E-state index in [1.54, 1.807) is 0 Å². The Kier molecular flexibility index (Phi) is 5.91. The zero-order valence-corrected chi connectivity index (χ0v) is 15.1. The summed E-state index contributed by atoms with van der Waals surface area (Å²) in [5, 5.41) is 4.84. The summed E-state index contributed by atoms with van der Waals surface area (Å²) < 4.78 is 0. The summed E-state index contributed by atoms with van der Waals surface area (Å²) >= 11 is 0. The van der Waals surface area contributed by atoms with E-state index in [2.05, 4.69) is 34.6 Å². The Balaban J connectivity index is 0.00000144. The van der Waals surface area contributed by atoms with Gasteiger partial charge in [0.15, 0.2) is 0 Å². The van der Waals surface area contributed by atoms with Crippen molar-refractivity contribution < 1.29 is 58.2 Å². The molecular weight excluding hydrogens is 232 g/mol. The molecule has 13 heavy (non-hydrogen) atoms. The van der Waals surface area contributed by atoms with Crippen molar-refractivity contribution in [3.05, 3.63) is 5.32 Å². The normalized spacial score (nSPS) is 26.5. The number of hydrogen-bond acceptors (Lipinski definition) is 0. The van der Waals surface area contributed by atoms with E-state index in [0.29, 0.717) is 0 Å². The minimum absolute atomic E-state index is 0. The Bertz CT molecular complexity index is 147. The van der Waals surface area contributed by atoms with Gasteiger partial charge >= 0.3 is 58.2 Å². The molecule has 1 rings (SSSR count). The van der Waals surface area contributed by atoms with E-state index in [1.165, 1.54) is 19.3 Å². The molecule has 0 saturated carbocycles. The Hall–Kier alpha value is 1.77. The molecule has 1 aliphatic heterocycles. The van der Waals surface area contributed by atoms with Gasteiger partial charge in [0.1, 0.15) is 0 Å². The molecule has 0 aromatic carbocycles. The second-order valence-corrected chi connectivity index (χ2v) is 5.42. The quantitative estimate of drug-likeness (QED) is 0.655. The standard InChI is InChI=1S/C11H22N.Rb/c1-6-9-7-10(2,3)12-11(4,5)8-9;/h9H,6-8H2,1-5H3;/q-1;+1. The third kappa shape index (κ3) is 4.88. The zero-order chi connectivity index (χ0) is 9.41. The Labute approximate surface area is 132 Å². The molecule has 0 amide bonds. The molecule has 1 saturated heterocycles. The maximum absolute atomic E-state index is 4.84. The van der Waals surface area contributed by atoms with Crippen LogP contribution in [0.5, 0.6) is 0 Å². The van der Waals surface area contributed by atoms with Crippen LogP contribution in [0, 0.1) is 5.92 Å². The van der Waals surface area contributed by atoms with E-state index in [1.807, 2.05) is 0 Å². The summed E-state index contributed by atoms with van der Waals surface area (Å²) in [5.74, 6) is 0.882. The fraction of sp³-hybridized carbons (Fsp3) is 1.00. The minimum atomic E-state index is 0. The summed E-state index contributed by atoms with van der Waals surface area (Å²) in [4.78, 5) is 0. The van der Waals surface area contributed by atoms with Crippen LogP contribution in [0.3, 0.4) is 0 Å². The third-order valence-electron chi connectivity index (χ3n) is 2.76. The molecule has 0 aromatic heterocycles. The van der Waals surface area contributed by atoms with E-state index < -0.39 is 0 Å². The van der Waals surface area contributed by atoms with Gasteiger partial charge in [-0.25, -0.2) is 0 Å². The summed E-state index contributed by atoms with van der Waals surface area (Å²) in [6, 6.07) is 0. The first-order valence-electron chi connectivity index (χ1n) is 5.09. The van der Waals surface area contributed by atoms with Gasteiger partial charge in [-0.15, -0.1) is 11.1 Å². The van der Waals surface area contributed by atoms with E-state index >= 15 is 0 Å². The monoisotopic (exact) mass is 253 g/mol. The van der Waals surface area contributed by atoms with Crippen LogP contribution in [-0.4, -0.2) is 11.1 Å². The van der Waals surface area contributed by atoms with Crippen molar-refractivity contribution in [2.45, 2.75) is 65.0 Å². The van der Waals surface area contributed by atoms with E-state index in [4.69, 9.17) is 5.32 Å². The Morgan fingerprint density at radius 2 is 1.46 bits per heavy atom. The van der Waals surface area contributed by atoms with Crippen LogP contribution in [0.4, 0.5) is 0 Å². The van der Waals surface area contributed by atoms with Gasteiger partial charge in [0.25, 0.3) is 0 Å². The average molecular weight is 254 g/mol. The molecule has 1 fully saturated rings. The zero-order valence-electron chi connectivity index (χ0n) is 10.1. The van der Waals surface area contributed by atoms with Gasteiger partial charge in [-0.05, 0) is 5.92 Å². The summed E-state index contributed by atoms with van der Waals surface area (Å²) in [7, 11) is 0. The number of nitrogens with zero attached hydrogens (tertiary/aromatic N) is 1. The molecule has 1 heterocycles. The van der Waals surface area contributed by atoms with Crippen LogP contribution in [0.25, 0.3) is 5.32 Å². The van der Waals surface area contributed by atoms with Crippen LogP contribution in [-0.2, 0) is 0 Å². The largest absolute Gasteiger partial charge is 1.00 e. The maximum Gasteiger partial charge on any atom is 1.00 e. The minimum Gasteiger partial charge on any atom is -0.652 e. The third-order valence-corrected chi connectivity index (χ3v) is 2.76. The van der Waals surface area contributed by atoms with Crippen LogP contribution < -0.4 is 58.2 Å². The number of piperidine rings is 1. The molecule has 0 N–H and O–H groups in total. The van der Waals surface area contributed by atoms with Crippen molar-refractivity contribution in [3.8, 4) is 0 Å².